The third-order valence-corrected chi connectivity index (χ3v) is 9.85. The Morgan fingerprint density at radius 1 is 0.593 bits per heavy atom. The molecule has 3 unspecified atom stereocenters. The zero-order valence-electron chi connectivity index (χ0n) is 17.7. The molecule has 0 nitrogen and oxygen atoms in total. The first-order valence-corrected chi connectivity index (χ1v) is 15.5. The van der Waals surface area contributed by atoms with Crippen molar-refractivity contribution in [3.05, 3.63) is 0 Å². The summed E-state index contributed by atoms with van der Waals surface area (Å²) in [7, 11) is -0.617. The maximum Gasteiger partial charge on any atom is 0.0973 e. The van der Waals surface area contributed by atoms with Gasteiger partial charge in [-0.25, -0.2) is 8.78 Å². The lowest BCUT2D eigenvalue weighted by atomic mass is 10.1. The molecule has 0 rings (SSSR count). The van der Waals surface area contributed by atoms with Gasteiger partial charge >= 0.3 is 0 Å². The normalized spacial score (nSPS) is 15.9. The maximum absolute atomic E-state index is 13.8. The minimum Gasteiger partial charge on any atom is -0.251 e. The summed E-state index contributed by atoms with van der Waals surface area (Å²) in [5.74, 6) is 0.680. The summed E-state index contributed by atoms with van der Waals surface area (Å²) in [6.45, 7) is 1.77. The molecule has 0 saturated carbocycles. The second-order valence-electron chi connectivity index (χ2n) is 8.30. The molecule has 6 heteroatoms. The highest BCUT2D eigenvalue weighted by molar-refractivity contribution is 6.36. The molecule has 0 aliphatic rings. The van der Waals surface area contributed by atoms with Gasteiger partial charge in [0, 0.05) is 19.0 Å². The second kappa shape index (κ2) is 20.9. The molecule has 0 aromatic carbocycles. The number of alkyl halides is 4. The van der Waals surface area contributed by atoms with Crippen LogP contribution in [0.5, 0.6) is 0 Å². The Morgan fingerprint density at radius 3 is 1.59 bits per heavy atom. The summed E-state index contributed by atoms with van der Waals surface area (Å²) in [5.41, 5.74) is 0. The molecule has 164 valence electrons. The van der Waals surface area contributed by atoms with E-state index >= 15 is 0 Å². The highest BCUT2D eigenvalue weighted by Crippen LogP contribution is 2.17. The zero-order chi connectivity index (χ0) is 20.2. The Labute approximate surface area is 170 Å². The standard InChI is InChI=1S/C21H44F4Si2/c1-19(16-27-18-21(25)11-7-3-5-9-14-23)12-15-26-17-20(24)10-6-2-4-8-13-22/h19-21H,2-18,26-27H2,1H3. The maximum atomic E-state index is 13.8. The summed E-state index contributed by atoms with van der Waals surface area (Å²) < 4.78 is 51.6. The van der Waals surface area contributed by atoms with E-state index in [-0.39, 0.29) is 32.4 Å². The van der Waals surface area contributed by atoms with Crippen molar-refractivity contribution in [3.8, 4) is 0 Å². The predicted octanol–water partition coefficient (Wildman–Crippen LogP) is 6.54. The van der Waals surface area contributed by atoms with Gasteiger partial charge < -0.3 is 0 Å². The molecule has 0 amide bonds. The molecule has 0 fully saturated rings. The van der Waals surface area contributed by atoms with Gasteiger partial charge in [-0.2, -0.15) is 0 Å². The Hall–Kier alpha value is 0.154. The summed E-state index contributed by atoms with van der Waals surface area (Å²) in [4.78, 5) is 0. The lowest BCUT2D eigenvalue weighted by Gasteiger charge is -2.13. The molecule has 3 atom stereocenters. The van der Waals surface area contributed by atoms with Crippen molar-refractivity contribution >= 4 is 19.0 Å². The van der Waals surface area contributed by atoms with Crippen molar-refractivity contribution in [3.63, 3.8) is 0 Å². The topological polar surface area (TPSA) is 0 Å². The van der Waals surface area contributed by atoms with Gasteiger partial charge in [0.2, 0.25) is 0 Å². The third-order valence-electron chi connectivity index (χ3n) is 5.48. The molecule has 0 saturated heterocycles. The first-order valence-electron chi connectivity index (χ1n) is 11.5. The predicted molar refractivity (Wildman–Crippen MR) is 118 cm³/mol. The quantitative estimate of drug-likeness (QED) is 0.111. The van der Waals surface area contributed by atoms with E-state index in [0.717, 1.165) is 50.6 Å². The molecule has 27 heavy (non-hydrogen) atoms. The molecule has 0 aliphatic heterocycles. The average Bonchev–Trinajstić information content (AvgIpc) is 2.65. The molecule has 0 aromatic heterocycles. The van der Waals surface area contributed by atoms with Crippen LogP contribution in [0.4, 0.5) is 17.6 Å². The van der Waals surface area contributed by atoms with Crippen LogP contribution in [0.2, 0.25) is 24.2 Å². The molecular weight excluding hydrogens is 384 g/mol. The van der Waals surface area contributed by atoms with Gasteiger partial charge in [0.1, 0.15) is 0 Å². The first-order chi connectivity index (χ1) is 13.1. The van der Waals surface area contributed by atoms with Gasteiger partial charge in [0.15, 0.2) is 0 Å². The highest BCUT2D eigenvalue weighted by Gasteiger charge is 2.10. The number of hydrogen-bond donors (Lipinski definition) is 0. The van der Waals surface area contributed by atoms with E-state index in [4.69, 9.17) is 0 Å². The molecule has 0 radical (unpaired) electrons. The molecule has 0 N–H and O–H groups in total. The van der Waals surface area contributed by atoms with Gasteiger partial charge in [0.05, 0.1) is 25.7 Å². The van der Waals surface area contributed by atoms with Gasteiger partial charge in [-0.1, -0.05) is 64.0 Å². The van der Waals surface area contributed by atoms with Crippen LogP contribution in [0.3, 0.4) is 0 Å². The molecule has 0 bridgehead atoms. The van der Waals surface area contributed by atoms with Crippen LogP contribution in [0, 0.1) is 5.92 Å². The number of rotatable bonds is 21. The molecule has 0 aromatic rings. The SMILES string of the molecule is CC(CC[SiH2]CC(F)CCCCCCF)C[SiH2]CC(F)CCCCCCF. The minimum absolute atomic E-state index is 0.249. The van der Waals surface area contributed by atoms with E-state index in [9.17, 15) is 17.6 Å². The Kier molecular flexibility index (Phi) is 21.0. The monoisotopic (exact) mass is 428 g/mol. The Bertz CT molecular complexity index is 295. The average molecular weight is 429 g/mol. The van der Waals surface area contributed by atoms with E-state index < -0.39 is 12.3 Å². The summed E-state index contributed by atoms with van der Waals surface area (Å²) in [6, 6.07) is 4.01. The third kappa shape index (κ3) is 20.7. The van der Waals surface area contributed by atoms with E-state index in [1.165, 1.54) is 18.5 Å². The van der Waals surface area contributed by atoms with Crippen molar-refractivity contribution in [1.29, 1.82) is 0 Å². The molecular formula is C21H44F4Si2. The van der Waals surface area contributed by atoms with E-state index in [2.05, 4.69) is 6.92 Å². The lowest BCUT2D eigenvalue weighted by Crippen LogP contribution is -2.09. The van der Waals surface area contributed by atoms with Crippen LogP contribution in [-0.2, 0) is 0 Å². The van der Waals surface area contributed by atoms with Crippen molar-refractivity contribution < 1.29 is 17.6 Å². The van der Waals surface area contributed by atoms with Crippen molar-refractivity contribution in [2.24, 2.45) is 5.92 Å². The van der Waals surface area contributed by atoms with Crippen LogP contribution < -0.4 is 0 Å². The van der Waals surface area contributed by atoms with Gasteiger partial charge in [-0.05, 0) is 43.7 Å². The van der Waals surface area contributed by atoms with Crippen molar-refractivity contribution in [2.75, 3.05) is 13.3 Å². The number of unbranched alkanes of at least 4 members (excludes halogenated alkanes) is 6. The van der Waals surface area contributed by atoms with E-state index in [1.54, 1.807) is 0 Å². The summed E-state index contributed by atoms with van der Waals surface area (Å²) in [6.07, 6.45) is 7.98. The lowest BCUT2D eigenvalue weighted by molar-refractivity contribution is 0.326. The number of hydrogen-bond acceptors (Lipinski definition) is 0. The molecule has 0 aliphatic carbocycles. The highest BCUT2D eigenvalue weighted by atomic mass is 28.2. The van der Waals surface area contributed by atoms with Crippen molar-refractivity contribution in [2.45, 2.75) is 114 Å². The van der Waals surface area contributed by atoms with E-state index in [1.807, 2.05) is 0 Å². The fraction of sp³-hybridized carbons (Fsp3) is 1.00. The van der Waals surface area contributed by atoms with Crippen LogP contribution >= 0.6 is 0 Å². The van der Waals surface area contributed by atoms with Crippen LogP contribution in [0.25, 0.3) is 0 Å². The smallest absolute Gasteiger partial charge is 0.0973 e. The summed E-state index contributed by atoms with van der Waals surface area (Å²) >= 11 is 0. The Morgan fingerprint density at radius 2 is 1.07 bits per heavy atom. The molecule has 0 spiro atoms. The van der Waals surface area contributed by atoms with Crippen LogP contribution in [0.15, 0.2) is 0 Å². The van der Waals surface area contributed by atoms with E-state index in [0.29, 0.717) is 31.6 Å². The fourth-order valence-corrected chi connectivity index (χ4v) is 7.57. The molecule has 0 heterocycles. The Balaban J connectivity index is 3.41. The second-order valence-corrected chi connectivity index (χ2v) is 12.2. The van der Waals surface area contributed by atoms with Crippen LogP contribution in [0.1, 0.15) is 77.6 Å². The fourth-order valence-electron chi connectivity index (χ4n) is 3.61. The largest absolute Gasteiger partial charge is 0.251 e. The van der Waals surface area contributed by atoms with Gasteiger partial charge in [-0.15, -0.1) is 0 Å². The van der Waals surface area contributed by atoms with Gasteiger partial charge in [-0.3, -0.25) is 8.78 Å². The zero-order valence-corrected chi connectivity index (χ0v) is 20.5. The van der Waals surface area contributed by atoms with Gasteiger partial charge in [0.25, 0.3) is 0 Å². The minimum atomic E-state index is -0.638. The van der Waals surface area contributed by atoms with Crippen molar-refractivity contribution in [1.82, 2.24) is 0 Å². The van der Waals surface area contributed by atoms with Crippen LogP contribution in [-0.4, -0.2) is 44.7 Å². The summed E-state index contributed by atoms with van der Waals surface area (Å²) in [5, 5.41) is 0. The first kappa shape index (κ1) is 27.2. The number of halogens is 4.